The topological polar surface area (TPSA) is 61.5 Å². The van der Waals surface area contributed by atoms with Gasteiger partial charge in [0.15, 0.2) is 0 Å². The van der Waals surface area contributed by atoms with Crippen LogP contribution in [0.2, 0.25) is 5.02 Å². The van der Waals surface area contributed by atoms with Crippen molar-refractivity contribution in [3.8, 4) is 5.75 Å². The molecule has 1 atom stereocenters. The lowest BCUT2D eigenvalue weighted by molar-refractivity contribution is -0.142. The Bertz CT molecular complexity index is 343. The van der Waals surface area contributed by atoms with Crippen LogP contribution in [0, 0.1) is 0 Å². The monoisotopic (exact) mass is 229 g/mol. The third kappa shape index (κ3) is 3.42. The van der Waals surface area contributed by atoms with E-state index < -0.39 is 12.0 Å². The first-order valence-corrected chi connectivity index (χ1v) is 4.73. The molecule has 0 aliphatic rings. The Kier molecular flexibility index (Phi) is 4.39. The van der Waals surface area contributed by atoms with E-state index in [4.69, 9.17) is 22.1 Å². The van der Waals surface area contributed by atoms with Crippen LogP contribution in [-0.4, -0.2) is 25.7 Å². The van der Waals surface area contributed by atoms with Crippen molar-refractivity contribution >= 4 is 17.6 Å². The van der Waals surface area contributed by atoms with Gasteiger partial charge in [0.05, 0.1) is 12.1 Å². The molecule has 0 saturated carbocycles. The Morgan fingerprint density at radius 1 is 1.53 bits per heavy atom. The van der Waals surface area contributed by atoms with Crippen LogP contribution in [0.15, 0.2) is 24.3 Å². The van der Waals surface area contributed by atoms with Crippen LogP contribution in [0.3, 0.4) is 0 Å². The Morgan fingerprint density at radius 2 is 2.20 bits per heavy atom. The van der Waals surface area contributed by atoms with Crippen molar-refractivity contribution in [2.45, 2.75) is 6.04 Å². The summed E-state index contributed by atoms with van der Waals surface area (Å²) in [6, 6.07) is 6.17. The first kappa shape index (κ1) is 11.8. The molecule has 5 heteroatoms. The highest BCUT2D eigenvalue weighted by Crippen LogP contribution is 2.22. The number of rotatable bonds is 4. The van der Waals surface area contributed by atoms with Gasteiger partial charge in [-0.3, -0.25) is 4.79 Å². The van der Waals surface area contributed by atoms with E-state index in [2.05, 4.69) is 4.74 Å². The van der Waals surface area contributed by atoms with Gasteiger partial charge in [0.1, 0.15) is 18.4 Å². The number of carbonyl (C=O) groups is 1. The summed E-state index contributed by atoms with van der Waals surface area (Å²) in [6.45, 7) is 0.0381. The van der Waals surface area contributed by atoms with Crippen molar-refractivity contribution in [2.24, 2.45) is 5.73 Å². The molecule has 0 aliphatic carbocycles. The second kappa shape index (κ2) is 5.58. The van der Waals surface area contributed by atoms with Crippen molar-refractivity contribution < 1.29 is 14.3 Å². The largest absolute Gasteiger partial charge is 0.490 e. The summed E-state index contributed by atoms with van der Waals surface area (Å²) in [5, 5.41) is 0.481. The molecule has 4 nitrogen and oxygen atoms in total. The number of hydrogen-bond acceptors (Lipinski definition) is 4. The molecule has 1 aromatic rings. The van der Waals surface area contributed by atoms with Crippen LogP contribution < -0.4 is 10.5 Å². The van der Waals surface area contributed by atoms with Gasteiger partial charge in [0.25, 0.3) is 0 Å². The Morgan fingerprint density at radius 3 is 2.80 bits per heavy atom. The van der Waals surface area contributed by atoms with Gasteiger partial charge in [-0.2, -0.15) is 0 Å². The lowest BCUT2D eigenvalue weighted by Crippen LogP contribution is -2.37. The minimum absolute atomic E-state index is 0.0381. The van der Waals surface area contributed by atoms with Crippen LogP contribution >= 0.6 is 11.6 Å². The third-order valence-corrected chi connectivity index (χ3v) is 2.07. The van der Waals surface area contributed by atoms with Crippen molar-refractivity contribution in [3.63, 3.8) is 0 Å². The maximum Gasteiger partial charge on any atom is 0.326 e. The summed E-state index contributed by atoms with van der Waals surface area (Å²) in [7, 11) is 1.28. The summed E-state index contributed by atoms with van der Waals surface area (Å²) < 4.78 is 9.72. The van der Waals surface area contributed by atoms with E-state index >= 15 is 0 Å². The van der Waals surface area contributed by atoms with E-state index in [0.29, 0.717) is 10.8 Å². The fourth-order valence-corrected chi connectivity index (χ4v) is 1.15. The average Bonchev–Trinajstić information content (AvgIpc) is 2.26. The van der Waals surface area contributed by atoms with Gasteiger partial charge in [-0.1, -0.05) is 23.7 Å². The van der Waals surface area contributed by atoms with Gasteiger partial charge >= 0.3 is 5.97 Å². The number of ether oxygens (including phenoxy) is 2. The van der Waals surface area contributed by atoms with Crippen molar-refractivity contribution in [3.05, 3.63) is 29.3 Å². The number of hydrogen-bond donors (Lipinski definition) is 1. The van der Waals surface area contributed by atoms with E-state index in [0.717, 1.165) is 0 Å². The average molecular weight is 230 g/mol. The van der Waals surface area contributed by atoms with Gasteiger partial charge in [-0.15, -0.1) is 0 Å². The van der Waals surface area contributed by atoms with Gasteiger partial charge in [-0.05, 0) is 12.1 Å². The Labute approximate surface area is 92.9 Å². The van der Waals surface area contributed by atoms with Crippen LogP contribution in [0.4, 0.5) is 0 Å². The molecule has 0 radical (unpaired) electrons. The van der Waals surface area contributed by atoms with Crippen molar-refractivity contribution in [2.75, 3.05) is 13.7 Å². The van der Waals surface area contributed by atoms with E-state index in [1.165, 1.54) is 7.11 Å². The number of nitrogens with two attached hydrogens (primary N) is 1. The highest BCUT2D eigenvalue weighted by Gasteiger charge is 2.14. The zero-order chi connectivity index (χ0) is 11.3. The predicted molar refractivity (Wildman–Crippen MR) is 56.9 cm³/mol. The van der Waals surface area contributed by atoms with E-state index in [-0.39, 0.29) is 6.61 Å². The summed E-state index contributed by atoms with van der Waals surface area (Å²) in [5.41, 5.74) is 5.48. The van der Waals surface area contributed by atoms with Crippen molar-refractivity contribution in [1.82, 2.24) is 0 Å². The van der Waals surface area contributed by atoms with Crippen LogP contribution in [0.1, 0.15) is 0 Å². The molecule has 82 valence electrons. The highest BCUT2D eigenvalue weighted by atomic mass is 35.5. The number of halogens is 1. The molecule has 0 amide bonds. The first-order valence-electron chi connectivity index (χ1n) is 4.36. The minimum atomic E-state index is -0.800. The summed E-state index contributed by atoms with van der Waals surface area (Å²) in [5.74, 6) is -0.0134. The summed E-state index contributed by atoms with van der Waals surface area (Å²) in [6.07, 6.45) is 0. The predicted octanol–water partition coefficient (Wildman–Crippen LogP) is 1.22. The van der Waals surface area contributed by atoms with Gasteiger partial charge in [0, 0.05) is 0 Å². The normalized spacial score (nSPS) is 11.9. The molecular formula is C10H12ClNO3. The molecule has 0 spiro atoms. The number of methoxy groups -OCH3 is 1. The molecule has 1 rings (SSSR count). The van der Waals surface area contributed by atoms with E-state index in [9.17, 15) is 4.79 Å². The van der Waals surface area contributed by atoms with Gasteiger partial charge in [0.2, 0.25) is 0 Å². The zero-order valence-electron chi connectivity index (χ0n) is 8.27. The summed E-state index contributed by atoms with van der Waals surface area (Å²) in [4.78, 5) is 11.0. The lowest BCUT2D eigenvalue weighted by Gasteiger charge is -2.11. The standard InChI is InChI=1S/C10H12ClNO3/c1-14-10(13)8(12)6-15-9-5-3-2-4-7(9)11/h2-5,8H,6,12H2,1H3/t8-/m1/s1. The highest BCUT2D eigenvalue weighted by molar-refractivity contribution is 6.32. The number of carbonyl (C=O) groups excluding carboxylic acids is 1. The molecule has 0 aromatic heterocycles. The second-order valence-corrected chi connectivity index (χ2v) is 3.28. The molecule has 0 unspecified atom stereocenters. The molecular weight excluding hydrogens is 218 g/mol. The maximum absolute atomic E-state index is 11.0. The minimum Gasteiger partial charge on any atom is -0.490 e. The Hall–Kier alpha value is -1.26. The molecule has 0 heterocycles. The first-order chi connectivity index (χ1) is 7.15. The van der Waals surface area contributed by atoms with Gasteiger partial charge < -0.3 is 15.2 Å². The number of benzene rings is 1. The SMILES string of the molecule is COC(=O)[C@H](N)COc1ccccc1Cl. The molecule has 0 bridgehead atoms. The number of para-hydroxylation sites is 1. The van der Waals surface area contributed by atoms with Crippen LogP contribution in [0.25, 0.3) is 0 Å². The fraction of sp³-hybridized carbons (Fsp3) is 0.300. The molecule has 1 aromatic carbocycles. The fourth-order valence-electron chi connectivity index (χ4n) is 0.961. The zero-order valence-corrected chi connectivity index (χ0v) is 9.03. The smallest absolute Gasteiger partial charge is 0.326 e. The van der Waals surface area contributed by atoms with E-state index in [1.54, 1.807) is 24.3 Å². The van der Waals surface area contributed by atoms with Crippen molar-refractivity contribution in [1.29, 1.82) is 0 Å². The molecule has 2 N–H and O–H groups in total. The number of esters is 1. The lowest BCUT2D eigenvalue weighted by atomic mass is 10.3. The summed E-state index contributed by atoms with van der Waals surface area (Å²) >= 11 is 5.84. The quantitative estimate of drug-likeness (QED) is 0.789. The molecule has 0 fully saturated rings. The Balaban J connectivity index is 2.50. The maximum atomic E-state index is 11.0. The molecule has 0 saturated heterocycles. The van der Waals surface area contributed by atoms with Gasteiger partial charge in [-0.25, -0.2) is 0 Å². The third-order valence-electron chi connectivity index (χ3n) is 1.76. The molecule has 15 heavy (non-hydrogen) atoms. The second-order valence-electron chi connectivity index (χ2n) is 2.87. The van der Waals surface area contributed by atoms with Crippen LogP contribution in [0.5, 0.6) is 5.75 Å². The van der Waals surface area contributed by atoms with E-state index in [1.807, 2.05) is 0 Å². The molecule has 0 aliphatic heterocycles. The van der Waals surface area contributed by atoms with Crippen LogP contribution in [-0.2, 0) is 9.53 Å².